The van der Waals surface area contributed by atoms with Crippen LogP contribution in [-0.2, 0) is 41.6 Å². The number of thiazole rings is 1. The zero-order chi connectivity index (χ0) is 46.8. The van der Waals surface area contributed by atoms with Crippen molar-refractivity contribution in [1.82, 2.24) is 45.0 Å². The Hall–Kier alpha value is -5.87. The van der Waals surface area contributed by atoms with Crippen LogP contribution in [0.5, 0.6) is 0 Å². The number of piperazine rings is 1. The number of cyclic esters (lactones) is 1. The molecule has 2 saturated heterocycles. The van der Waals surface area contributed by atoms with Gasteiger partial charge in [0, 0.05) is 117 Å². The molecule has 5 atom stereocenters. The molecule has 0 spiro atoms. The van der Waals surface area contributed by atoms with Crippen LogP contribution in [0.4, 0.5) is 4.79 Å². The van der Waals surface area contributed by atoms with Crippen LogP contribution in [0.2, 0.25) is 0 Å². The summed E-state index contributed by atoms with van der Waals surface area (Å²) in [6, 6.07) is 8.27. The van der Waals surface area contributed by atoms with Crippen molar-refractivity contribution in [2.24, 2.45) is 11.3 Å². The van der Waals surface area contributed by atoms with Crippen LogP contribution < -0.4 is 10.7 Å². The van der Waals surface area contributed by atoms with E-state index in [4.69, 9.17) is 19.4 Å². The smallest absolute Gasteiger partial charge is 0.324 e. The molecule has 2 fully saturated rings. The van der Waals surface area contributed by atoms with E-state index in [1.54, 1.807) is 36.2 Å². The van der Waals surface area contributed by atoms with Crippen LogP contribution in [0.25, 0.3) is 33.4 Å². The molecule has 5 aliphatic rings. The molecular formula is C49H59N9O7S. The Labute approximate surface area is 389 Å². The van der Waals surface area contributed by atoms with Crippen molar-refractivity contribution in [1.29, 1.82) is 0 Å². The summed E-state index contributed by atoms with van der Waals surface area (Å²) >= 11 is 1.40. The number of nitrogens with one attached hydrogen (secondary N) is 2. The van der Waals surface area contributed by atoms with E-state index >= 15 is 4.79 Å². The second-order valence-electron chi connectivity index (χ2n) is 19.2. The van der Waals surface area contributed by atoms with Crippen LogP contribution in [0.1, 0.15) is 82.7 Å². The normalized spacial score (nSPS) is 24.0. The fourth-order valence-corrected chi connectivity index (χ4v) is 11.6. The van der Waals surface area contributed by atoms with Crippen LogP contribution in [-0.4, -0.2) is 135 Å². The number of aryl methyl sites for hydroxylation is 1. The summed E-state index contributed by atoms with van der Waals surface area (Å²) < 4.78 is 15.0. The molecule has 1 aromatic carbocycles. The van der Waals surface area contributed by atoms with Crippen molar-refractivity contribution in [3.8, 4) is 22.5 Å². The number of carbonyl (C=O) groups is 5. The zero-order valence-corrected chi connectivity index (χ0v) is 39.8. The number of amides is 5. The average Bonchev–Trinajstić information content (AvgIpc) is 3.99. The van der Waals surface area contributed by atoms with Gasteiger partial charge >= 0.3 is 12.0 Å². The number of hydrogen-bond donors (Lipinski definition) is 2. The van der Waals surface area contributed by atoms with Gasteiger partial charge in [0.05, 0.1) is 28.7 Å². The molecule has 9 rings (SSSR count). The molecule has 0 saturated carbocycles. The summed E-state index contributed by atoms with van der Waals surface area (Å²) in [5, 5.41) is 8.21. The van der Waals surface area contributed by atoms with E-state index in [-0.39, 0.29) is 43.3 Å². The Morgan fingerprint density at radius 3 is 2.53 bits per heavy atom. The molecule has 3 aromatic heterocycles. The van der Waals surface area contributed by atoms with Crippen molar-refractivity contribution >= 4 is 52.0 Å². The molecule has 2 N–H and O–H groups in total. The number of carbonyl (C=O) groups excluding carboxylic acids is 5. The lowest BCUT2D eigenvalue weighted by Crippen LogP contribution is -2.68. The van der Waals surface area contributed by atoms with Crippen LogP contribution >= 0.6 is 11.3 Å². The first-order valence-electron chi connectivity index (χ1n) is 23.0. The minimum atomic E-state index is -1.69. The Kier molecular flexibility index (Phi) is 11.9. The predicted octanol–water partition coefficient (Wildman–Crippen LogP) is 5.44. The van der Waals surface area contributed by atoms with Crippen LogP contribution in [0.3, 0.4) is 0 Å². The monoisotopic (exact) mass is 917 g/mol. The number of hydrogen-bond acceptors (Lipinski definition) is 11. The quantitative estimate of drug-likeness (QED) is 0.180. The van der Waals surface area contributed by atoms with E-state index in [1.165, 1.54) is 28.2 Å². The Morgan fingerprint density at radius 1 is 1.11 bits per heavy atom. The summed E-state index contributed by atoms with van der Waals surface area (Å²) in [6.07, 6.45) is 3.97. The fourth-order valence-electron chi connectivity index (χ4n) is 10.7. The zero-order valence-electron chi connectivity index (χ0n) is 39.0. The molecule has 6 bridgehead atoms. The number of methoxy groups -OCH3 is 1. The van der Waals surface area contributed by atoms with Crippen molar-refractivity contribution in [3.05, 3.63) is 75.6 Å². The minimum Gasteiger partial charge on any atom is -0.464 e. The molecule has 66 heavy (non-hydrogen) atoms. The largest absolute Gasteiger partial charge is 0.464 e. The summed E-state index contributed by atoms with van der Waals surface area (Å²) in [5.74, 6) is -2.15. The third kappa shape index (κ3) is 7.78. The average molecular weight is 918 g/mol. The summed E-state index contributed by atoms with van der Waals surface area (Å²) in [6.45, 7) is 14.1. The summed E-state index contributed by atoms with van der Waals surface area (Å²) in [5.41, 5.74) is 11.1. The molecular weight excluding hydrogens is 859 g/mol. The molecule has 6 heterocycles. The maximum Gasteiger partial charge on any atom is 0.324 e. The van der Waals surface area contributed by atoms with Crippen LogP contribution in [0, 0.1) is 11.3 Å². The Bertz CT molecular complexity index is 2690. The number of pyridine rings is 1. The van der Waals surface area contributed by atoms with E-state index in [2.05, 4.69) is 66.1 Å². The first-order chi connectivity index (χ1) is 31.6. The number of aromatic nitrogens is 3. The fraction of sp³-hybridized carbons (Fsp3) is 0.510. The number of rotatable bonds is 7. The Balaban J connectivity index is 1.13. The van der Waals surface area contributed by atoms with Gasteiger partial charge in [-0.25, -0.2) is 15.2 Å². The first-order valence-corrected chi connectivity index (χ1v) is 23.9. The molecule has 348 valence electrons. The van der Waals surface area contributed by atoms with E-state index < -0.39 is 46.9 Å². The lowest BCUT2D eigenvalue weighted by atomic mass is 9.67. The van der Waals surface area contributed by atoms with E-state index in [0.29, 0.717) is 56.1 Å². The SMILES string of the molecule is CCn1c2c3c4cc(ccc41)-c1csc(n1)CC(NC(=O)C(C(C)C)N(C)C(=O)N1CCN(C(C)=O)CC1)(C1=C=C1)C(=O)N1CCC[C@H](N1)C(=O)OCC(C)(C)C3[C@H](OC)c1ncccc1-2. The topological polar surface area (TPSA) is 172 Å². The standard InChI is InChI=1S/C49H59N9O7S/c1-9-57-36-17-14-30-24-33(36)38-39(43(64-8)40-32(42(38)57)12-10-18-50-40)48(5,6)27-65-45(61)34-13-11-19-58(53-34)46(62)49(31-15-16-31,25-37-51-35(30)26-66-37)52-44(60)41(28(2)3)54(7)47(63)56-22-20-55(21-23-56)29(4)59/h10,12,14-15,17-18,24,26,28,34,39,41,43,53H,9,11,13,19-23,25,27H2,1-8H3,(H,52,60)/t34-,39?,41?,43-,49?/m0/s1. The van der Waals surface area contributed by atoms with Crippen molar-refractivity contribution in [3.63, 3.8) is 0 Å². The number of likely N-dealkylation sites (N-methyl/N-ethyl adjacent to an activating group) is 1. The van der Waals surface area contributed by atoms with Gasteiger partial charge in [0.25, 0.3) is 5.91 Å². The lowest BCUT2D eigenvalue weighted by Gasteiger charge is -2.43. The Morgan fingerprint density at radius 2 is 1.85 bits per heavy atom. The third-order valence-corrected chi connectivity index (χ3v) is 15.0. The molecule has 0 radical (unpaired) electrons. The van der Waals surface area contributed by atoms with Gasteiger partial charge in [0.15, 0.2) is 5.54 Å². The van der Waals surface area contributed by atoms with E-state index in [9.17, 15) is 19.2 Å². The van der Waals surface area contributed by atoms with Crippen molar-refractivity contribution in [2.75, 3.05) is 53.5 Å². The molecule has 5 amide bonds. The van der Waals surface area contributed by atoms with Crippen molar-refractivity contribution < 1.29 is 33.4 Å². The number of hydrazine groups is 1. The van der Waals surface area contributed by atoms with Gasteiger partial charge < -0.3 is 34.1 Å². The van der Waals surface area contributed by atoms with Gasteiger partial charge in [0.2, 0.25) is 11.8 Å². The van der Waals surface area contributed by atoms with Crippen LogP contribution in [0.15, 0.2) is 59.3 Å². The minimum absolute atomic E-state index is 0.0106. The molecule has 16 nitrogen and oxygen atoms in total. The molecule has 3 unspecified atom stereocenters. The van der Waals surface area contributed by atoms with Gasteiger partial charge in [-0.15, -0.1) is 17.1 Å². The second kappa shape index (κ2) is 17.4. The molecule has 4 aromatic rings. The second-order valence-corrected chi connectivity index (χ2v) is 20.1. The highest BCUT2D eigenvalue weighted by Gasteiger charge is 2.52. The predicted molar refractivity (Wildman–Crippen MR) is 249 cm³/mol. The summed E-state index contributed by atoms with van der Waals surface area (Å²) in [7, 11) is 3.31. The third-order valence-electron chi connectivity index (χ3n) is 14.1. The number of urea groups is 1. The summed E-state index contributed by atoms with van der Waals surface area (Å²) in [4.78, 5) is 85.3. The molecule has 2 aliphatic carbocycles. The highest BCUT2D eigenvalue weighted by Crippen LogP contribution is 2.57. The highest BCUT2D eigenvalue weighted by molar-refractivity contribution is 7.10. The van der Waals surface area contributed by atoms with E-state index in [0.717, 1.165) is 44.7 Å². The number of ether oxygens (including phenoxy) is 2. The number of nitrogens with zero attached hydrogens (tertiary/aromatic N) is 7. The maximum absolute atomic E-state index is 15.4. The first kappa shape index (κ1) is 45.3. The highest BCUT2D eigenvalue weighted by atomic mass is 32.1. The number of benzene rings is 1. The molecule has 17 heteroatoms. The van der Waals surface area contributed by atoms with Gasteiger partial charge in [-0.05, 0) is 61.6 Å². The van der Waals surface area contributed by atoms with E-state index in [1.807, 2.05) is 25.3 Å². The van der Waals surface area contributed by atoms with Gasteiger partial charge in [-0.2, -0.15) is 0 Å². The lowest BCUT2D eigenvalue weighted by molar-refractivity contribution is -0.157. The maximum atomic E-state index is 15.4. The molecule has 3 aliphatic heterocycles. The number of fused-ring (bicyclic) bond motifs is 8. The van der Waals surface area contributed by atoms with Gasteiger partial charge in [0.1, 0.15) is 18.2 Å². The van der Waals surface area contributed by atoms with Gasteiger partial charge in [-0.1, -0.05) is 33.8 Å². The van der Waals surface area contributed by atoms with Gasteiger partial charge in [-0.3, -0.25) is 29.2 Å². The van der Waals surface area contributed by atoms with Crippen molar-refractivity contribution in [2.45, 2.75) is 97.0 Å². The number of esters is 1.